The van der Waals surface area contributed by atoms with Crippen molar-refractivity contribution in [3.05, 3.63) is 38.3 Å². The Hall–Kier alpha value is -1.38. The molecular weight excluding hydrogens is 272 g/mol. The molecule has 1 rings (SSSR count). The molecule has 1 unspecified atom stereocenters. The number of hydrogen-bond donors (Lipinski definition) is 1. The van der Waals surface area contributed by atoms with E-state index in [1.54, 1.807) is 6.07 Å². The number of nitrogens with zero attached hydrogens (tertiary/aromatic N) is 1. The van der Waals surface area contributed by atoms with Gasteiger partial charge < -0.3 is 0 Å². The fraction of sp³-hybridized carbons (Fsp3) is 0.273. The van der Waals surface area contributed by atoms with Crippen LogP contribution in [0, 0.1) is 22.5 Å². The molecule has 0 aromatic heterocycles. The Morgan fingerprint density at radius 1 is 1.69 bits per heavy atom. The smallest absolute Gasteiger partial charge is 0.270 e. The third kappa shape index (κ3) is 3.33. The van der Waals surface area contributed by atoms with E-state index in [0.29, 0.717) is 11.0 Å². The topological polar surface area (TPSA) is 55.2 Å². The first-order valence-corrected chi connectivity index (χ1v) is 5.46. The molecule has 0 aliphatic carbocycles. The van der Waals surface area contributed by atoms with Crippen molar-refractivity contribution in [3.63, 3.8) is 0 Å². The number of non-ortho nitro benzene ring substituents is 1. The SMILES string of the molecule is C#CC(C)NCc1ccc([N+](=O)[O-])cc1Br. The highest BCUT2D eigenvalue weighted by Gasteiger charge is 2.09. The predicted octanol–water partition coefficient (Wildman–Crippen LogP) is 2.47. The summed E-state index contributed by atoms with van der Waals surface area (Å²) in [6.07, 6.45) is 5.22. The number of rotatable bonds is 4. The lowest BCUT2D eigenvalue weighted by Gasteiger charge is -2.08. The molecule has 1 aromatic carbocycles. The molecule has 4 nitrogen and oxygen atoms in total. The second kappa shape index (κ2) is 5.64. The standard InChI is InChI=1S/C11H11BrN2O2/c1-3-8(2)13-7-9-4-5-10(14(15)16)6-11(9)12/h1,4-6,8,13H,7H2,2H3. The lowest BCUT2D eigenvalue weighted by molar-refractivity contribution is -0.384. The highest BCUT2D eigenvalue weighted by Crippen LogP contribution is 2.22. The summed E-state index contributed by atoms with van der Waals surface area (Å²) in [4.78, 5) is 10.1. The van der Waals surface area contributed by atoms with E-state index in [4.69, 9.17) is 6.42 Å². The Balaban J connectivity index is 2.76. The number of hydrogen-bond acceptors (Lipinski definition) is 3. The van der Waals surface area contributed by atoms with Crippen LogP contribution in [0.4, 0.5) is 5.69 Å². The van der Waals surface area contributed by atoms with E-state index >= 15 is 0 Å². The molecular formula is C11H11BrN2O2. The van der Waals surface area contributed by atoms with Gasteiger partial charge in [-0.15, -0.1) is 6.42 Å². The van der Waals surface area contributed by atoms with Crippen LogP contribution in [0.5, 0.6) is 0 Å². The average Bonchev–Trinajstić information content (AvgIpc) is 2.26. The first-order chi connectivity index (χ1) is 7.54. The Morgan fingerprint density at radius 3 is 2.88 bits per heavy atom. The number of benzene rings is 1. The summed E-state index contributed by atoms with van der Waals surface area (Å²) in [6, 6.07) is 4.64. The lowest BCUT2D eigenvalue weighted by Crippen LogP contribution is -2.23. The summed E-state index contributed by atoms with van der Waals surface area (Å²) in [5.41, 5.74) is 1.01. The molecule has 5 heteroatoms. The highest BCUT2D eigenvalue weighted by molar-refractivity contribution is 9.10. The normalized spacial score (nSPS) is 11.8. The summed E-state index contributed by atoms with van der Waals surface area (Å²) < 4.78 is 0.707. The van der Waals surface area contributed by atoms with E-state index in [9.17, 15) is 10.1 Å². The summed E-state index contributed by atoms with van der Waals surface area (Å²) in [5.74, 6) is 2.55. The molecule has 0 saturated heterocycles. The largest absolute Gasteiger partial charge is 0.300 e. The highest BCUT2D eigenvalue weighted by atomic mass is 79.9. The quantitative estimate of drug-likeness (QED) is 0.524. The monoisotopic (exact) mass is 282 g/mol. The summed E-state index contributed by atoms with van der Waals surface area (Å²) in [7, 11) is 0. The summed E-state index contributed by atoms with van der Waals surface area (Å²) in [5, 5.41) is 13.6. The van der Waals surface area contributed by atoms with Crippen molar-refractivity contribution in [2.45, 2.75) is 19.5 Å². The van der Waals surface area contributed by atoms with Crippen LogP contribution in [0.1, 0.15) is 12.5 Å². The third-order valence-electron chi connectivity index (χ3n) is 2.10. The van der Waals surface area contributed by atoms with E-state index in [2.05, 4.69) is 27.2 Å². The van der Waals surface area contributed by atoms with E-state index < -0.39 is 4.92 Å². The Morgan fingerprint density at radius 2 is 2.38 bits per heavy atom. The Kier molecular flexibility index (Phi) is 4.47. The van der Waals surface area contributed by atoms with Crippen molar-refractivity contribution in [1.82, 2.24) is 5.32 Å². The van der Waals surface area contributed by atoms with E-state index in [1.807, 2.05) is 6.92 Å². The lowest BCUT2D eigenvalue weighted by atomic mass is 10.2. The van der Waals surface area contributed by atoms with Crippen LogP contribution in [0.25, 0.3) is 0 Å². The van der Waals surface area contributed by atoms with Gasteiger partial charge >= 0.3 is 0 Å². The van der Waals surface area contributed by atoms with Gasteiger partial charge in [-0.3, -0.25) is 15.4 Å². The van der Waals surface area contributed by atoms with Gasteiger partial charge in [-0.1, -0.05) is 21.9 Å². The maximum Gasteiger partial charge on any atom is 0.270 e. The van der Waals surface area contributed by atoms with E-state index in [0.717, 1.165) is 5.56 Å². The minimum absolute atomic E-state index is 0.0258. The summed E-state index contributed by atoms with van der Waals surface area (Å²) >= 11 is 3.29. The zero-order valence-corrected chi connectivity index (χ0v) is 10.3. The van der Waals surface area contributed by atoms with Gasteiger partial charge in [0.05, 0.1) is 11.0 Å². The predicted molar refractivity (Wildman–Crippen MR) is 65.9 cm³/mol. The number of terminal acetylenes is 1. The molecule has 0 fully saturated rings. The van der Waals surface area contributed by atoms with Crippen molar-refractivity contribution in [2.24, 2.45) is 0 Å². The Labute approximate surface area is 102 Å². The van der Waals surface area contributed by atoms with Gasteiger partial charge in [-0.05, 0) is 18.6 Å². The number of nitrogens with one attached hydrogen (secondary N) is 1. The van der Waals surface area contributed by atoms with E-state index in [-0.39, 0.29) is 11.7 Å². The Bertz CT molecular complexity index is 440. The van der Waals surface area contributed by atoms with Crippen molar-refractivity contribution in [2.75, 3.05) is 0 Å². The molecule has 1 atom stereocenters. The van der Waals surface area contributed by atoms with Gasteiger partial charge in [-0.25, -0.2) is 0 Å². The molecule has 0 radical (unpaired) electrons. The maximum absolute atomic E-state index is 10.5. The zero-order chi connectivity index (χ0) is 12.1. The molecule has 0 spiro atoms. The van der Waals surface area contributed by atoms with Crippen molar-refractivity contribution < 1.29 is 4.92 Å². The van der Waals surface area contributed by atoms with Crippen molar-refractivity contribution >= 4 is 21.6 Å². The van der Waals surface area contributed by atoms with Gasteiger partial charge in [0.25, 0.3) is 5.69 Å². The average molecular weight is 283 g/mol. The van der Waals surface area contributed by atoms with Gasteiger partial charge in [-0.2, -0.15) is 0 Å². The first kappa shape index (κ1) is 12.7. The molecule has 0 aliphatic rings. The van der Waals surface area contributed by atoms with Crippen LogP contribution in [-0.2, 0) is 6.54 Å². The van der Waals surface area contributed by atoms with Gasteiger partial charge in [0.1, 0.15) is 0 Å². The first-order valence-electron chi connectivity index (χ1n) is 4.67. The molecule has 1 aromatic rings. The molecule has 0 heterocycles. The second-order valence-corrected chi connectivity index (χ2v) is 4.16. The van der Waals surface area contributed by atoms with Crippen LogP contribution >= 0.6 is 15.9 Å². The second-order valence-electron chi connectivity index (χ2n) is 3.30. The van der Waals surface area contributed by atoms with Crippen LogP contribution in [0.3, 0.4) is 0 Å². The molecule has 0 amide bonds. The van der Waals surface area contributed by atoms with Crippen molar-refractivity contribution in [3.8, 4) is 12.3 Å². The molecule has 0 aliphatic heterocycles. The van der Waals surface area contributed by atoms with Crippen LogP contribution in [-0.4, -0.2) is 11.0 Å². The van der Waals surface area contributed by atoms with Gasteiger partial charge in [0, 0.05) is 23.2 Å². The summed E-state index contributed by atoms with van der Waals surface area (Å²) in [6.45, 7) is 2.45. The maximum atomic E-state index is 10.5. The fourth-order valence-corrected chi connectivity index (χ4v) is 1.62. The van der Waals surface area contributed by atoms with Gasteiger partial charge in [0.15, 0.2) is 0 Å². The number of halogens is 1. The van der Waals surface area contributed by atoms with Gasteiger partial charge in [0.2, 0.25) is 0 Å². The zero-order valence-electron chi connectivity index (χ0n) is 8.74. The minimum Gasteiger partial charge on any atom is -0.300 e. The number of nitro benzene ring substituents is 1. The minimum atomic E-state index is -0.425. The molecule has 0 bridgehead atoms. The van der Waals surface area contributed by atoms with Crippen LogP contribution in [0.2, 0.25) is 0 Å². The molecule has 84 valence electrons. The fourth-order valence-electron chi connectivity index (χ4n) is 1.12. The van der Waals surface area contributed by atoms with Crippen LogP contribution < -0.4 is 5.32 Å². The molecule has 16 heavy (non-hydrogen) atoms. The van der Waals surface area contributed by atoms with E-state index in [1.165, 1.54) is 12.1 Å². The molecule has 0 saturated carbocycles. The molecule has 1 N–H and O–H groups in total. The third-order valence-corrected chi connectivity index (χ3v) is 2.83. The number of nitro groups is 1. The van der Waals surface area contributed by atoms with Crippen molar-refractivity contribution in [1.29, 1.82) is 0 Å². The van der Waals surface area contributed by atoms with Crippen LogP contribution in [0.15, 0.2) is 22.7 Å².